The summed E-state index contributed by atoms with van der Waals surface area (Å²) in [5.41, 5.74) is 5.61. The summed E-state index contributed by atoms with van der Waals surface area (Å²) >= 11 is 0. The molecule has 16 heavy (non-hydrogen) atoms. The van der Waals surface area contributed by atoms with Gasteiger partial charge in [-0.25, -0.2) is 4.98 Å². The molecule has 1 fully saturated rings. The lowest BCUT2D eigenvalue weighted by Crippen LogP contribution is -2.39. The van der Waals surface area contributed by atoms with Crippen molar-refractivity contribution in [1.29, 1.82) is 0 Å². The third-order valence-corrected chi connectivity index (χ3v) is 3.58. The summed E-state index contributed by atoms with van der Waals surface area (Å²) in [5.74, 6) is 2.02. The van der Waals surface area contributed by atoms with Crippen molar-refractivity contribution < 1.29 is 0 Å². The van der Waals surface area contributed by atoms with Crippen LogP contribution in [0.1, 0.15) is 32.6 Å². The zero-order valence-electron chi connectivity index (χ0n) is 10.1. The van der Waals surface area contributed by atoms with E-state index < -0.39 is 0 Å². The van der Waals surface area contributed by atoms with E-state index in [4.69, 9.17) is 5.73 Å². The van der Waals surface area contributed by atoms with Crippen LogP contribution in [-0.2, 0) is 0 Å². The van der Waals surface area contributed by atoms with Crippen molar-refractivity contribution in [1.82, 2.24) is 9.97 Å². The van der Waals surface area contributed by atoms with Crippen molar-refractivity contribution in [2.75, 3.05) is 17.7 Å². The molecule has 1 heterocycles. The minimum atomic E-state index is 0.354. The normalized spacial score (nSPS) is 25.4. The Balaban J connectivity index is 2.14. The first kappa shape index (κ1) is 11.2. The Morgan fingerprint density at radius 3 is 2.81 bits per heavy atom. The predicted octanol–water partition coefficient (Wildman–Crippen LogP) is 2.07. The molecular formula is C12H20N4. The molecule has 1 aromatic rings. The van der Waals surface area contributed by atoms with Crippen LogP contribution in [0.15, 0.2) is 12.3 Å². The smallest absolute Gasteiger partial charge is 0.221 e. The minimum Gasteiger partial charge on any atom is -0.368 e. The van der Waals surface area contributed by atoms with Crippen LogP contribution in [0.5, 0.6) is 0 Å². The summed E-state index contributed by atoms with van der Waals surface area (Å²) in [7, 11) is 2.11. The monoisotopic (exact) mass is 220 g/mol. The van der Waals surface area contributed by atoms with Crippen molar-refractivity contribution >= 4 is 11.8 Å². The van der Waals surface area contributed by atoms with E-state index in [1.165, 1.54) is 25.7 Å². The highest BCUT2D eigenvalue weighted by Crippen LogP contribution is 2.29. The van der Waals surface area contributed by atoms with Gasteiger partial charge >= 0.3 is 0 Å². The number of nitrogens with two attached hydrogens (primary N) is 1. The number of hydrogen-bond acceptors (Lipinski definition) is 4. The van der Waals surface area contributed by atoms with E-state index in [1.807, 2.05) is 6.07 Å². The lowest BCUT2D eigenvalue weighted by Gasteiger charge is -2.36. The second kappa shape index (κ2) is 4.68. The summed E-state index contributed by atoms with van der Waals surface area (Å²) in [5, 5.41) is 0. The molecule has 0 amide bonds. The van der Waals surface area contributed by atoms with Gasteiger partial charge in [0.1, 0.15) is 5.82 Å². The third-order valence-electron chi connectivity index (χ3n) is 3.58. The van der Waals surface area contributed by atoms with Crippen molar-refractivity contribution in [2.45, 2.75) is 38.6 Å². The number of nitrogens with zero attached hydrogens (tertiary/aromatic N) is 3. The van der Waals surface area contributed by atoms with Gasteiger partial charge in [0.05, 0.1) is 0 Å². The van der Waals surface area contributed by atoms with Gasteiger partial charge in [-0.05, 0) is 24.8 Å². The maximum atomic E-state index is 5.61. The summed E-state index contributed by atoms with van der Waals surface area (Å²) in [6.07, 6.45) is 6.97. The first-order valence-electron chi connectivity index (χ1n) is 6.00. The number of anilines is 2. The van der Waals surface area contributed by atoms with E-state index in [2.05, 4.69) is 28.8 Å². The van der Waals surface area contributed by atoms with Crippen LogP contribution in [0.3, 0.4) is 0 Å². The standard InChI is InChI=1S/C12H20N4/c1-9-5-3-4-6-10(9)16(2)11-7-8-14-12(13)15-11/h7-10H,3-6H2,1-2H3,(H2,13,14,15). The topological polar surface area (TPSA) is 55.0 Å². The fourth-order valence-corrected chi connectivity index (χ4v) is 2.60. The zero-order chi connectivity index (χ0) is 11.5. The van der Waals surface area contributed by atoms with Crippen LogP contribution >= 0.6 is 0 Å². The molecule has 88 valence electrons. The van der Waals surface area contributed by atoms with Gasteiger partial charge in [-0.15, -0.1) is 0 Å². The van der Waals surface area contributed by atoms with E-state index >= 15 is 0 Å². The summed E-state index contributed by atoms with van der Waals surface area (Å²) in [6.45, 7) is 2.32. The molecule has 2 rings (SSSR count). The molecule has 1 aromatic heterocycles. The second-order valence-electron chi connectivity index (χ2n) is 4.71. The molecule has 0 aromatic carbocycles. The Labute approximate surface area is 96.9 Å². The molecule has 0 aliphatic heterocycles. The first-order valence-corrected chi connectivity index (χ1v) is 6.00. The predicted molar refractivity (Wildman–Crippen MR) is 66.3 cm³/mol. The molecule has 4 heteroatoms. The van der Waals surface area contributed by atoms with Gasteiger partial charge in [-0.2, -0.15) is 4.98 Å². The van der Waals surface area contributed by atoms with Crippen LogP contribution in [-0.4, -0.2) is 23.1 Å². The van der Waals surface area contributed by atoms with Crippen LogP contribution in [0, 0.1) is 5.92 Å². The Hall–Kier alpha value is -1.32. The highest BCUT2D eigenvalue weighted by molar-refractivity contribution is 5.41. The fourth-order valence-electron chi connectivity index (χ4n) is 2.60. The summed E-state index contributed by atoms with van der Waals surface area (Å²) in [4.78, 5) is 10.5. The van der Waals surface area contributed by atoms with Gasteiger partial charge in [0, 0.05) is 19.3 Å². The largest absolute Gasteiger partial charge is 0.368 e. The van der Waals surface area contributed by atoms with Crippen molar-refractivity contribution in [2.24, 2.45) is 5.92 Å². The maximum Gasteiger partial charge on any atom is 0.221 e. The fraction of sp³-hybridized carbons (Fsp3) is 0.667. The van der Waals surface area contributed by atoms with Crippen LogP contribution in [0.25, 0.3) is 0 Å². The molecule has 2 N–H and O–H groups in total. The quantitative estimate of drug-likeness (QED) is 0.829. The SMILES string of the molecule is CC1CCCCC1N(C)c1ccnc(N)n1. The highest BCUT2D eigenvalue weighted by atomic mass is 15.2. The zero-order valence-corrected chi connectivity index (χ0v) is 10.1. The van der Waals surface area contributed by atoms with Crippen molar-refractivity contribution in [3.8, 4) is 0 Å². The van der Waals surface area contributed by atoms with Crippen molar-refractivity contribution in [3.63, 3.8) is 0 Å². The van der Waals surface area contributed by atoms with Crippen molar-refractivity contribution in [3.05, 3.63) is 12.3 Å². The first-order chi connectivity index (χ1) is 7.68. The van der Waals surface area contributed by atoms with Gasteiger partial charge < -0.3 is 10.6 Å². The molecule has 0 saturated heterocycles. The third kappa shape index (κ3) is 2.26. The molecule has 1 aliphatic carbocycles. The van der Waals surface area contributed by atoms with E-state index in [9.17, 15) is 0 Å². The minimum absolute atomic E-state index is 0.354. The molecule has 0 spiro atoms. The molecule has 1 aliphatic rings. The van der Waals surface area contributed by atoms with E-state index in [-0.39, 0.29) is 0 Å². The Bertz CT molecular complexity index is 353. The van der Waals surface area contributed by atoms with E-state index in [1.54, 1.807) is 6.20 Å². The van der Waals surface area contributed by atoms with Gasteiger partial charge in [0.25, 0.3) is 0 Å². The second-order valence-corrected chi connectivity index (χ2v) is 4.71. The molecule has 0 radical (unpaired) electrons. The van der Waals surface area contributed by atoms with Gasteiger partial charge in [-0.3, -0.25) is 0 Å². The Kier molecular flexibility index (Phi) is 3.27. The average molecular weight is 220 g/mol. The molecule has 0 bridgehead atoms. The summed E-state index contributed by atoms with van der Waals surface area (Å²) < 4.78 is 0. The molecule has 4 nitrogen and oxygen atoms in total. The molecule has 1 saturated carbocycles. The number of nitrogen functional groups attached to an aromatic ring is 1. The lowest BCUT2D eigenvalue weighted by atomic mass is 9.85. The van der Waals surface area contributed by atoms with Gasteiger partial charge in [0.15, 0.2) is 0 Å². The summed E-state index contributed by atoms with van der Waals surface area (Å²) in [6, 6.07) is 2.51. The van der Waals surface area contributed by atoms with E-state index in [0.717, 1.165) is 11.7 Å². The Morgan fingerprint density at radius 2 is 2.12 bits per heavy atom. The van der Waals surface area contributed by atoms with Crippen LogP contribution in [0.2, 0.25) is 0 Å². The average Bonchev–Trinajstić information content (AvgIpc) is 2.29. The van der Waals surface area contributed by atoms with Gasteiger partial charge in [0.2, 0.25) is 5.95 Å². The number of aromatic nitrogens is 2. The van der Waals surface area contributed by atoms with E-state index in [0.29, 0.717) is 12.0 Å². The molecular weight excluding hydrogens is 200 g/mol. The highest BCUT2D eigenvalue weighted by Gasteiger charge is 2.25. The van der Waals surface area contributed by atoms with Gasteiger partial charge in [-0.1, -0.05) is 19.8 Å². The maximum absolute atomic E-state index is 5.61. The lowest BCUT2D eigenvalue weighted by molar-refractivity contribution is 0.320. The number of hydrogen-bond donors (Lipinski definition) is 1. The van der Waals surface area contributed by atoms with Crippen LogP contribution in [0.4, 0.5) is 11.8 Å². The number of rotatable bonds is 2. The molecule has 2 unspecified atom stereocenters. The Morgan fingerprint density at radius 1 is 1.38 bits per heavy atom. The molecule has 2 atom stereocenters. The van der Waals surface area contributed by atoms with Crippen LogP contribution < -0.4 is 10.6 Å².